The maximum Gasteiger partial charge on any atom is 0.198 e. The zero-order valence-electron chi connectivity index (χ0n) is 10.5. The van der Waals surface area contributed by atoms with E-state index in [0.29, 0.717) is 13.0 Å². The summed E-state index contributed by atoms with van der Waals surface area (Å²) in [5, 5.41) is 14.6. The molecule has 2 atom stereocenters. The standard InChI is InChI=1S/C16H15NO2/c18-15-10-11-19-16(15,12-6-2-1-3-7-12)17-14-9-5-4-8-13(14)15/h1-9,17-18H,10-11H2. The van der Waals surface area contributed by atoms with Gasteiger partial charge in [0, 0.05) is 23.2 Å². The third kappa shape index (κ3) is 1.24. The van der Waals surface area contributed by atoms with Gasteiger partial charge in [0.05, 0.1) is 6.61 Å². The monoisotopic (exact) mass is 253 g/mol. The van der Waals surface area contributed by atoms with E-state index in [4.69, 9.17) is 4.74 Å². The second kappa shape index (κ2) is 3.59. The molecule has 96 valence electrons. The summed E-state index contributed by atoms with van der Waals surface area (Å²) in [7, 11) is 0. The van der Waals surface area contributed by atoms with Crippen molar-refractivity contribution in [1.29, 1.82) is 0 Å². The third-order valence-corrected chi connectivity index (χ3v) is 4.23. The predicted molar refractivity (Wildman–Crippen MR) is 72.7 cm³/mol. The fraction of sp³-hybridized carbons (Fsp3) is 0.250. The smallest absolute Gasteiger partial charge is 0.198 e. The van der Waals surface area contributed by atoms with Crippen molar-refractivity contribution in [2.24, 2.45) is 0 Å². The molecule has 2 aliphatic heterocycles. The first kappa shape index (κ1) is 11.0. The van der Waals surface area contributed by atoms with Gasteiger partial charge in [-0.3, -0.25) is 0 Å². The molecule has 0 spiro atoms. The molecule has 19 heavy (non-hydrogen) atoms. The summed E-state index contributed by atoms with van der Waals surface area (Å²) in [6.07, 6.45) is 0.603. The molecule has 1 saturated heterocycles. The van der Waals surface area contributed by atoms with Crippen molar-refractivity contribution in [2.45, 2.75) is 17.7 Å². The number of rotatable bonds is 1. The number of anilines is 1. The molecule has 3 nitrogen and oxygen atoms in total. The van der Waals surface area contributed by atoms with E-state index < -0.39 is 11.3 Å². The Hall–Kier alpha value is -1.84. The summed E-state index contributed by atoms with van der Waals surface area (Å²) in [5.41, 5.74) is 0.999. The minimum atomic E-state index is -0.995. The maximum absolute atomic E-state index is 11.2. The highest BCUT2D eigenvalue weighted by molar-refractivity contribution is 5.64. The quantitative estimate of drug-likeness (QED) is 0.820. The van der Waals surface area contributed by atoms with Gasteiger partial charge in [0.1, 0.15) is 5.60 Å². The van der Waals surface area contributed by atoms with Crippen LogP contribution in [0.15, 0.2) is 54.6 Å². The van der Waals surface area contributed by atoms with Crippen molar-refractivity contribution in [3.05, 3.63) is 65.7 Å². The normalized spacial score (nSPS) is 31.6. The van der Waals surface area contributed by atoms with Crippen LogP contribution in [-0.4, -0.2) is 11.7 Å². The largest absolute Gasteiger partial charge is 0.380 e. The zero-order valence-corrected chi connectivity index (χ0v) is 10.5. The van der Waals surface area contributed by atoms with Crippen LogP contribution in [0, 0.1) is 0 Å². The van der Waals surface area contributed by atoms with Gasteiger partial charge < -0.3 is 15.2 Å². The Kier molecular flexibility index (Phi) is 2.08. The molecule has 0 amide bonds. The van der Waals surface area contributed by atoms with Crippen LogP contribution >= 0.6 is 0 Å². The first-order valence-corrected chi connectivity index (χ1v) is 6.56. The molecular formula is C16H15NO2. The fourth-order valence-corrected chi connectivity index (χ4v) is 3.32. The minimum Gasteiger partial charge on any atom is -0.380 e. The second-order valence-electron chi connectivity index (χ2n) is 5.18. The summed E-state index contributed by atoms with van der Waals surface area (Å²) >= 11 is 0. The molecule has 2 N–H and O–H groups in total. The Labute approximate surface area is 111 Å². The molecule has 2 aromatic rings. The molecule has 3 heteroatoms. The Bertz CT molecular complexity index is 628. The van der Waals surface area contributed by atoms with E-state index in [-0.39, 0.29) is 0 Å². The molecule has 0 radical (unpaired) electrons. The molecular weight excluding hydrogens is 238 g/mol. The molecule has 2 heterocycles. The van der Waals surface area contributed by atoms with E-state index >= 15 is 0 Å². The van der Waals surface area contributed by atoms with E-state index in [0.717, 1.165) is 16.8 Å². The van der Waals surface area contributed by atoms with Crippen LogP contribution in [0.5, 0.6) is 0 Å². The summed E-state index contributed by atoms with van der Waals surface area (Å²) in [4.78, 5) is 0. The first-order valence-electron chi connectivity index (χ1n) is 6.56. The lowest BCUT2D eigenvalue weighted by molar-refractivity contribution is -0.104. The van der Waals surface area contributed by atoms with Gasteiger partial charge in [-0.25, -0.2) is 0 Å². The summed E-state index contributed by atoms with van der Waals surface area (Å²) in [6, 6.07) is 17.8. The number of ether oxygens (including phenoxy) is 1. The molecule has 0 aliphatic carbocycles. The molecule has 0 saturated carbocycles. The summed E-state index contributed by atoms with van der Waals surface area (Å²) in [5.74, 6) is 0. The van der Waals surface area contributed by atoms with Crippen LogP contribution < -0.4 is 5.32 Å². The maximum atomic E-state index is 11.2. The number of benzene rings is 2. The molecule has 2 aromatic carbocycles. The minimum absolute atomic E-state index is 0.548. The highest BCUT2D eigenvalue weighted by atomic mass is 16.5. The molecule has 0 aromatic heterocycles. The summed E-state index contributed by atoms with van der Waals surface area (Å²) in [6.45, 7) is 0.548. The first-order chi connectivity index (χ1) is 9.26. The summed E-state index contributed by atoms with van der Waals surface area (Å²) < 4.78 is 5.97. The molecule has 4 rings (SSSR count). The van der Waals surface area contributed by atoms with Crippen molar-refractivity contribution in [3.63, 3.8) is 0 Å². The number of para-hydroxylation sites is 1. The van der Waals surface area contributed by atoms with Gasteiger partial charge in [-0.1, -0.05) is 48.5 Å². The van der Waals surface area contributed by atoms with Crippen LogP contribution in [0.2, 0.25) is 0 Å². The lowest BCUT2D eigenvalue weighted by atomic mass is 9.82. The molecule has 2 unspecified atom stereocenters. The van der Waals surface area contributed by atoms with E-state index in [1.54, 1.807) is 0 Å². The Balaban J connectivity index is 1.95. The SMILES string of the molecule is OC12CCOC1(c1ccccc1)Nc1ccccc12. The molecule has 2 aliphatic rings. The average molecular weight is 253 g/mol. The van der Waals surface area contributed by atoms with E-state index in [1.165, 1.54) is 0 Å². The second-order valence-corrected chi connectivity index (χ2v) is 5.18. The molecule has 1 fully saturated rings. The van der Waals surface area contributed by atoms with Crippen molar-refractivity contribution in [3.8, 4) is 0 Å². The number of hydrogen-bond acceptors (Lipinski definition) is 3. The van der Waals surface area contributed by atoms with Gasteiger partial charge in [-0.2, -0.15) is 0 Å². The van der Waals surface area contributed by atoms with Crippen molar-refractivity contribution < 1.29 is 9.84 Å². The van der Waals surface area contributed by atoms with Crippen LogP contribution in [0.25, 0.3) is 0 Å². The Morgan fingerprint density at radius 3 is 2.58 bits per heavy atom. The highest BCUT2D eigenvalue weighted by Crippen LogP contribution is 2.57. The van der Waals surface area contributed by atoms with Gasteiger partial charge in [-0.05, 0) is 6.07 Å². The number of nitrogens with one attached hydrogen (secondary N) is 1. The van der Waals surface area contributed by atoms with Crippen molar-refractivity contribution in [2.75, 3.05) is 11.9 Å². The zero-order chi connectivity index (χ0) is 12.9. The van der Waals surface area contributed by atoms with Crippen LogP contribution in [-0.2, 0) is 16.1 Å². The van der Waals surface area contributed by atoms with Gasteiger partial charge in [0.25, 0.3) is 0 Å². The van der Waals surface area contributed by atoms with Crippen LogP contribution in [0.3, 0.4) is 0 Å². The van der Waals surface area contributed by atoms with Crippen molar-refractivity contribution in [1.82, 2.24) is 0 Å². The van der Waals surface area contributed by atoms with Gasteiger partial charge in [0.2, 0.25) is 0 Å². The van der Waals surface area contributed by atoms with Gasteiger partial charge >= 0.3 is 0 Å². The van der Waals surface area contributed by atoms with Gasteiger partial charge in [-0.15, -0.1) is 0 Å². The predicted octanol–water partition coefficient (Wildman–Crippen LogP) is 2.57. The highest BCUT2D eigenvalue weighted by Gasteiger charge is 2.62. The number of hydrogen-bond donors (Lipinski definition) is 2. The third-order valence-electron chi connectivity index (χ3n) is 4.23. The average Bonchev–Trinajstić information content (AvgIpc) is 2.90. The van der Waals surface area contributed by atoms with E-state index in [9.17, 15) is 5.11 Å². The fourth-order valence-electron chi connectivity index (χ4n) is 3.32. The lowest BCUT2D eigenvalue weighted by Crippen LogP contribution is -2.46. The van der Waals surface area contributed by atoms with E-state index in [1.807, 2.05) is 54.6 Å². The lowest BCUT2D eigenvalue weighted by Gasteiger charge is -2.35. The topological polar surface area (TPSA) is 41.5 Å². The van der Waals surface area contributed by atoms with Crippen LogP contribution in [0.4, 0.5) is 5.69 Å². The molecule has 0 bridgehead atoms. The van der Waals surface area contributed by atoms with Crippen molar-refractivity contribution >= 4 is 5.69 Å². The number of fused-ring (bicyclic) bond motifs is 3. The van der Waals surface area contributed by atoms with Gasteiger partial charge in [0.15, 0.2) is 5.72 Å². The Morgan fingerprint density at radius 2 is 1.74 bits per heavy atom. The Morgan fingerprint density at radius 1 is 1.00 bits per heavy atom. The van der Waals surface area contributed by atoms with Crippen LogP contribution in [0.1, 0.15) is 17.5 Å². The number of aliphatic hydroxyl groups is 1. The van der Waals surface area contributed by atoms with E-state index in [2.05, 4.69) is 5.32 Å².